The van der Waals surface area contributed by atoms with Crippen LogP contribution in [0.3, 0.4) is 0 Å². The van der Waals surface area contributed by atoms with E-state index in [1.807, 2.05) is 0 Å². The maximum atomic E-state index is 11.6. The molecular formula is C12H22N2O3S. The smallest absolute Gasteiger partial charge is 0.314 e. The quantitative estimate of drug-likeness (QED) is 0.660. The number of thioether (sulfide) groups is 1. The van der Waals surface area contributed by atoms with E-state index in [1.54, 1.807) is 18.7 Å². The van der Waals surface area contributed by atoms with Gasteiger partial charge in [-0.15, -0.1) is 0 Å². The van der Waals surface area contributed by atoms with Crippen LogP contribution in [0.15, 0.2) is 0 Å². The van der Waals surface area contributed by atoms with Gasteiger partial charge in [-0.05, 0) is 25.5 Å². The second kappa shape index (κ2) is 6.87. The Balaban J connectivity index is 2.23. The van der Waals surface area contributed by atoms with Crippen LogP contribution in [0.4, 0.5) is 4.79 Å². The molecule has 104 valence electrons. The molecule has 0 bridgehead atoms. The average Bonchev–Trinajstić information content (AvgIpc) is 2.28. The van der Waals surface area contributed by atoms with Crippen molar-refractivity contribution < 1.29 is 14.7 Å². The largest absolute Gasteiger partial charge is 0.481 e. The summed E-state index contributed by atoms with van der Waals surface area (Å²) < 4.78 is 0.203. The third kappa shape index (κ3) is 4.08. The minimum absolute atomic E-state index is 0.184. The number of nitrogens with one attached hydrogen (secondary N) is 2. The summed E-state index contributed by atoms with van der Waals surface area (Å²) in [4.78, 5) is 22.4. The zero-order valence-corrected chi connectivity index (χ0v) is 11.8. The maximum Gasteiger partial charge on any atom is 0.314 e. The molecule has 3 N–H and O–H groups in total. The van der Waals surface area contributed by atoms with Crippen molar-refractivity contribution in [2.75, 3.05) is 19.3 Å². The Morgan fingerprint density at radius 2 is 2.06 bits per heavy atom. The van der Waals surface area contributed by atoms with E-state index in [-0.39, 0.29) is 17.3 Å². The molecule has 6 heteroatoms. The molecule has 0 radical (unpaired) electrons. The van der Waals surface area contributed by atoms with Crippen LogP contribution in [0, 0.1) is 5.92 Å². The van der Waals surface area contributed by atoms with Crippen LogP contribution in [0.1, 0.15) is 32.6 Å². The Kier molecular flexibility index (Phi) is 5.78. The molecule has 0 spiro atoms. The SMILES string of the molecule is CCC(CNC(=O)NCC1(SC)CCC1)C(=O)O. The number of aliphatic carboxylic acids is 1. The number of carbonyl (C=O) groups excluding carboxylic acids is 1. The summed E-state index contributed by atoms with van der Waals surface area (Å²) in [5.41, 5.74) is 0. The third-order valence-corrected chi connectivity index (χ3v) is 5.04. The van der Waals surface area contributed by atoms with Crippen molar-refractivity contribution in [3.05, 3.63) is 0 Å². The number of hydrogen-bond donors (Lipinski definition) is 3. The monoisotopic (exact) mass is 274 g/mol. The molecule has 0 heterocycles. The molecule has 5 nitrogen and oxygen atoms in total. The number of carboxylic acid groups (broad SMARTS) is 1. The topological polar surface area (TPSA) is 78.4 Å². The highest BCUT2D eigenvalue weighted by molar-refractivity contribution is 8.00. The summed E-state index contributed by atoms with van der Waals surface area (Å²) in [5.74, 6) is -1.37. The lowest BCUT2D eigenvalue weighted by Crippen LogP contribution is -2.48. The molecular weight excluding hydrogens is 252 g/mol. The summed E-state index contributed by atoms with van der Waals surface area (Å²) in [5, 5.41) is 14.3. The van der Waals surface area contributed by atoms with Crippen LogP contribution < -0.4 is 10.6 Å². The van der Waals surface area contributed by atoms with E-state index in [0.717, 1.165) is 12.8 Å². The van der Waals surface area contributed by atoms with Gasteiger partial charge in [0.05, 0.1) is 5.92 Å². The minimum Gasteiger partial charge on any atom is -0.481 e. The highest BCUT2D eigenvalue weighted by Gasteiger charge is 2.36. The Hall–Kier alpha value is -0.910. The molecule has 0 aromatic rings. The van der Waals surface area contributed by atoms with Gasteiger partial charge in [0.25, 0.3) is 0 Å². The molecule has 1 rings (SSSR count). The number of carbonyl (C=O) groups is 2. The van der Waals surface area contributed by atoms with E-state index in [9.17, 15) is 9.59 Å². The first-order valence-corrected chi connectivity index (χ1v) is 7.55. The van der Waals surface area contributed by atoms with Crippen LogP contribution in [0.2, 0.25) is 0 Å². The molecule has 1 aliphatic rings. The van der Waals surface area contributed by atoms with Gasteiger partial charge in [0, 0.05) is 17.8 Å². The lowest BCUT2D eigenvalue weighted by molar-refractivity contribution is -0.141. The zero-order chi connectivity index (χ0) is 13.6. The van der Waals surface area contributed by atoms with E-state index in [1.165, 1.54) is 6.42 Å². The summed E-state index contributed by atoms with van der Waals surface area (Å²) in [7, 11) is 0. The number of urea groups is 1. The van der Waals surface area contributed by atoms with Crippen molar-refractivity contribution in [3.63, 3.8) is 0 Å². The first-order chi connectivity index (χ1) is 8.53. The molecule has 0 aliphatic heterocycles. The fourth-order valence-electron chi connectivity index (χ4n) is 1.95. The molecule has 0 aromatic heterocycles. The van der Waals surface area contributed by atoms with Crippen LogP contribution >= 0.6 is 11.8 Å². The van der Waals surface area contributed by atoms with Crippen molar-refractivity contribution in [2.24, 2.45) is 5.92 Å². The van der Waals surface area contributed by atoms with Gasteiger partial charge in [-0.3, -0.25) is 4.79 Å². The molecule has 18 heavy (non-hydrogen) atoms. The normalized spacial score (nSPS) is 18.6. The summed E-state index contributed by atoms with van der Waals surface area (Å²) in [6, 6.07) is -0.268. The number of carboxylic acids is 1. The highest BCUT2D eigenvalue weighted by atomic mass is 32.2. The molecule has 1 saturated carbocycles. The molecule has 2 amide bonds. The second-order valence-corrected chi connectivity index (χ2v) is 6.02. The Bertz CT molecular complexity index is 300. The van der Waals surface area contributed by atoms with Gasteiger partial charge in [-0.2, -0.15) is 11.8 Å². The zero-order valence-electron chi connectivity index (χ0n) is 11.0. The van der Waals surface area contributed by atoms with Crippen molar-refractivity contribution in [1.82, 2.24) is 10.6 Å². The minimum atomic E-state index is -0.864. The highest BCUT2D eigenvalue weighted by Crippen LogP contribution is 2.42. The van der Waals surface area contributed by atoms with Gasteiger partial charge in [-0.25, -0.2) is 4.79 Å². The Morgan fingerprint density at radius 3 is 2.44 bits per heavy atom. The second-order valence-electron chi connectivity index (χ2n) is 4.75. The predicted octanol–water partition coefficient (Wildman–Crippen LogP) is 1.68. The van der Waals surface area contributed by atoms with E-state index in [0.29, 0.717) is 13.0 Å². The van der Waals surface area contributed by atoms with Crippen molar-refractivity contribution >= 4 is 23.8 Å². The summed E-state index contributed by atoms with van der Waals surface area (Å²) >= 11 is 1.80. The number of rotatable bonds is 7. The predicted molar refractivity (Wildman–Crippen MR) is 72.9 cm³/mol. The molecule has 1 unspecified atom stereocenters. The van der Waals surface area contributed by atoms with Gasteiger partial charge in [-0.1, -0.05) is 13.3 Å². The van der Waals surface area contributed by atoms with E-state index >= 15 is 0 Å². The number of hydrogen-bond acceptors (Lipinski definition) is 3. The van der Waals surface area contributed by atoms with E-state index in [4.69, 9.17) is 5.11 Å². The Morgan fingerprint density at radius 1 is 1.39 bits per heavy atom. The molecule has 1 atom stereocenters. The standard InChI is InChI=1S/C12H22N2O3S/c1-3-9(10(15)16)7-13-11(17)14-8-12(18-2)5-4-6-12/h9H,3-8H2,1-2H3,(H,15,16)(H2,13,14,17). The van der Waals surface area contributed by atoms with Gasteiger partial charge in [0.2, 0.25) is 0 Å². The first kappa shape index (κ1) is 15.1. The van der Waals surface area contributed by atoms with Crippen LogP contribution in [0.5, 0.6) is 0 Å². The van der Waals surface area contributed by atoms with E-state index in [2.05, 4.69) is 16.9 Å². The Labute approximate surface area is 112 Å². The van der Waals surface area contributed by atoms with Gasteiger partial charge in [0.1, 0.15) is 0 Å². The lowest BCUT2D eigenvalue weighted by atomic mass is 9.84. The fourth-order valence-corrected chi connectivity index (χ4v) is 2.86. The van der Waals surface area contributed by atoms with E-state index < -0.39 is 11.9 Å². The maximum absolute atomic E-state index is 11.6. The van der Waals surface area contributed by atoms with Crippen molar-refractivity contribution in [1.29, 1.82) is 0 Å². The summed E-state index contributed by atoms with van der Waals surface area (Å²) in [6.45, 7) is 2.64. The first-order valence-electron chi connectivity index (χ1n) is 6.32. The van der Waals surface area contributed by atoms with Gasteiger partial charge < -0.3 is 15.7 Å². The molecule has 0 aromatic carbocycles. The molecule has 1 aliphatic carbocycles. The van der Waals surface area contributed by atoms with Crippen LogP contribution in [-0.2, 0) is 4.79 Å². The average molecular weight is 274 g/mol. The van der Waals surface area contributed by atoms with Gasteiger partial charge >= 0.3 is 12.0 Å². The molecule has 0 saturated heterocycles. The summed E-state index contributed by atoms with van der Waals surface area (Å²) in [6.07, 6.45) is 6.09. The van der Waals surface area contributed by atoms with Gasteiger partial charge in [0.15, 0.2) is 0 Å². The fraction of sp³-hybridized carbons (Fsp3) is 0.833. The van der Waals surface area contributed by atoms with Crippen molar-refractivity contribution in [2.45, 2.75) is 37.4 Å². The third-order valence-electron chi connectivity index (χ3n) is 3.62. The van der Waals surface area contributed by atoms with Crippen LogP contribution in [0.25, 0.3) is 0 Å². The van der Waals surface area contributed by atoms with Crippen molar-refractivity contribution in [3.8, 4) is 0 Å². The lowest BCUT2D eigenvalue weighted by Gasteiger charge is -2.40. The molecule has 1 fully saturated rings. The number of amides is 2. The van der Waals surface area contributed by atoms with Crippen LogP contribution in [-0.4, -0.2) is 41.2 Å².